The maximum Gasteiger partial charge on any atom is 0.407 e. The van der Waals surface area contributed by atoms with Crippen LogP contribution in [0.3, 0.4) is 0 Å². The summed E-state index contributed by atoms with van der Waals surface area (Å²) in [5.74, 6) is 0. The summed E-state index contributed by atoms with van der Waals surface area (Å²) in [4.78, 5) is 23.3. The van der Waals surface area contributed by atoms with Crippen molar-refractivity contribution in [1.82, 2.24) is 10.6 Å². The fourth-order valence-corrected chi connectivity index (χ4v) is 3.35. The zero-order valence-corrected chi connectivity index (χ0v) is 17.7. The van der Waals surface area contributed by atoms with Crippen molar-refractivity contribution in [1.29, 1.82) is 0 Å². The minimum absolute atomic E-state index is 0.162. The highest BCUT2D eigenvalue weighted by Gasteiger charge is 2.53. The molecular formula is C20H36N2O6. The van der Waals surface area contributed by atoms with Crippen molar-refractivity contribution in [2.75, 3.05) is 26.3 Å². The van der Waals surface area contributed by atoms with Gasteiger partial charge in [-0.2, -0.15) is 0 Å². The molecule has 2 amide bonds. The molecule has 0 radical (unpaired) electrons. The van der Waals surface area contributed by atoms with Crippen LogP contribution in [0, 0.1) is 0 Å². The normalized spacial score (nSPS) is 30.4. The van der Waals surface area contributed by atoms with Gasteiger partial charge in [-0.15, -0.1) is 0 Å². The fourth-order valence-electron chi connectivity index (χ4n) is 3.35. The SMILES string of the molecule is CCC1(COC(=O)NCCCCCCNC(=O)OCC2(CC)OC2C)OC1C. The molecule has 4 unspecified atom stereocenters. The first-order valence-corrected chi connectivity index (χ1v) is 10.5. The van der Waals surface area contributed by atoms with Gasteiger partial charge in [0.2, 0.25) is 0 Å². The predicted molar refractivity (Wildman–Crippen MR) is 104 cm³/mol. The number of epoxide rings is 2. The first-order valence-electron chi connectivity index (χ1n) is 10.5. The molecule has 162 valence electrons. The van der Waals surface area contributed by atoms with Crippen molar-refractivity contribution in [3.63, 3.8) is 0 Å². The van der Waals surface area contributed by atoms with Crippen LogP contribution in [-0.4, -0.2) is 61.9 Å². The van der Waals surface area contributed by atoms with Crippen LogP contribution in [-0.2, 0) is 18.9 Å². The number of alkyl carbamates (subject to hydrolysis) is 2. The van der Waals surface area contributed by atoms with Gasteiger partial charge in [0.25, 0.3) is 0 Å². The van der Waals surface area contributed by atoms with Crippen molar-refractivity contribution in [3.05, 3.63) is 0 Å². The number of unbranched alkanes of at least 4 members (excludes halogenated alkanes) is 3. The molecule has 4 atom stereocenters. The molecule has 0 aromatic carbocycles. The monoisotopic (exact) mass is 400 g/mol. The van der Waals surface area contributed by atoms with Crippen LogP contribution in [0.1, 0.15) is 66.2 Å². The molecule has 0 saturated carbocycles. The number of hydrogen-bond acceptors (Lipinski definition) is 6. The Balaban J connectivity index is 1.37. The number of nitrogens with one attached hydrogen (secondary N) is 2. The largest absolute Gasteiger partial charge is 0.446 e. The van der Waals surface area contributed by atoms with Crippen LogP contribution in [0.5, 0.6) is 0 Å². The first-order chi connectivity index (χ1) is 13.4. The Bertz CT molecular complexity index is 477. The Morgan fingerprint density at radius 1 is 0.786 bits per heavy atom. The molecule has 8 heteroatoms. The second kappa shape index (κ2) is 10.3. The Labute approximate surface area is 168 Å². The van der Waals surface area contributed by atoms with Gasteiger partial charge in [0.1, 0.15) is 24.4 Å². The van der Waals surface area contributed by atoms with Crippen molar-refractivity contribution in [2.24, 2.45) is 0 Å². The van der Waals surface area contributed by atoms with Gasteiger partial charge in [0, 0.05) is 13.1 Å². The molecule has 0 aliphatic carbocycles. The number of carbonyl (C=O) groups is 2. The van der Waals surface area contributed by atoms with Crippen LogP contribution in [0.15, 0.2) is 0 Å². The number of rotatable bonds is 13. The maximum atomic E-state index is 11.7. The van der Waals surface area contributed by atoms with Gasteiger partial charge in [-0.25, -0.2) is 9.59 Å². The van der Waals surface area contributed by atoms with Gasteiger partial charge in [-0.3, -0.25) is 0 Å². The molecule has 0 aromatic heterocycles. The Morgan fingerprint density at radius 3 is 1.43 bits per heavy atom. The quantitative estimate of drug-likeness (QED) is 0.364. The highest BCUT2D eigenvalue weighted by molar-refractivity contribution is 5.67. The molecule has 2 fully saturated rings. The predicted octanol–water partition coefficient (Wildman–Crippen LogP) is 3.13. The van der Waals surface area contributed by atoms with Crippen molar-refractivity contribution in [3.8, 4) is 0 Å². The summed E-state index contributed by atoms with van der Waals surface area (Å²) in [7, 11) is 0. The van der Waals surface area contributed by atoms with Crippen molar-refractivity contribution < 1.29 is 28.5 Å². The third-order valence-electron chi connectivity index (χ3n) is 5.92. The molecule has 2 rings (SSSR count). The Morgan fingerprint density at radius 2 is 1.14 bits per heavy atom. The average Bonchev–Trinajstić information content (AvgIpc) is 3.55. The second-order valence-corrected chi connectivity index (χ2v) is 7.78. The maximum absolute atomic E-state index is 11.7. The van der Waals surface area contributed by atoms with Gasteiger partial charge >= 0.3 is 12.2 Å². The van der Waals surface area contributed by atoms with E-state index in [4.69, 9.17) is 18.9 Å². The minimum atomic E-state index is -0.390. The first kappa shape index (κ1) is 22.7. The average molecular weight is 401 g/mol. The summed E-state index contributed by atoms with van der Waals surface area (Å²) in [6, 6.07) is 0. The summed E-state index contributed by atoms with van der Waals surface area (Å²) in [6.07, 6.45) is 4.92. The molecular weight excluding hydrogens is 364 g/mol. The van der Waals surface area contributed by atoms with Gasteiger partial charge in [0.15, 0.2) is 0 Å². The minimum Gasteiger partial charge on any atom is -0.446 e. The molecule has 2 heterocycles. The smallest absolute Gasteiger partial charge is 0.407 e. The molecule has 2 saturated heterocycles. The number of hydrogen-bond donors (Lipinski definition) is 2. The zero-order valence-electron chi connectivity index (χ0n) is 17.7. The number of amides is 2. The van der Waals surface area contributed by atoms with E-state index in [0.29, 0.717) is 26.3 Å². The third-order valence-corrected chi connectivity index (χ3v) is 5.92. The van der Waals surface area contributed by atoms with E-state index in [1.165, 1.54) is 0 Å². The fraction of sp³-hybridized carbons (Fsp3) is 0.900. The van der Waals surface area contributed by atoms with Crippen molar-refractivity contribution >= 4 is 12.2 Å². The summed E-state index contributed by atoms with van der Waals surface area (Å²) in [5, 5.41) is 5.52. The van der Waals surface area contributed by atoms with E-state index in [9.17, 15) is 9.59 Å². The standard InChI is InChI=1S/C20H36N2O6/c1-5-19(15(3)27-19)13-25-17(23)21-11-9-7-8-10-12-22-18(24)26-14-20(6-2)16(4)28-20/h15-16H,5-14H2,1-4H3,(H,21,23)(H,22,24). The van der Waals surface area contributed by atoms with Crippen LogP contribution >= 0.6 is 0 Å². The van der Waals surface area contributed by atoms with Crippen LogP contribution in [0.4, 0.5) is 9.59 Å². The van der Waals surface area contributed by atoms with Gasteiger partial charge in [0.05, 0.1) is 12.2 Å². The lowest BCUT2D eigenvalue weighted by atomic mass is 10.1. The van der Waals surface area contributed by atoms with E-state index in [1.807, 2.05) is 27.7 Å². The lowest BCUT2D eigenvalue weighted by molar-refractivity contribution is 0.107. The lowest BCUT2D eigenvalue weighted by Gasteiger charge is -2.12. The van der Waals surface area contributed by atoms with Crippen LogP contribution in [0.25, 0.3) is 0 Å². The van der Waals surface area contributed by atoms with Crippen LogP contribution in [0.2, 0.25) is 0 Å². The van der Waals surface area contributed by atoms with Gasteiger partial charge in [-0.05, 0) is 39.5 Å². The third kappa shape index (κ3) is 6.51. The highest BCUT2D eigenvalue weighted by atomic mass is 16.7. The van der Waals surface area contributed by atoms with E-state index in [2.05, 4.69) is 10.6 Å². The number of ether oxygens (including phenoxy) is 4. The van der Waals surface area contributed by atoms with Crippen LogP contribution < -0.4 is 10.6 Å². The van der Waals surface area contributed by atoms with E-state index in [0.717, 1.165) is 38.5 Å². The Hall–Kier alpha value is -1.54. The molecule has 0 aromatic rings. The molecule has 0 bridgehead atoms. The summed E-state index contributed by atoms with van der Waals surface area (Å²) >= 11 is 0. The topological polar surface area (TPSA) is 102 Å². The van der Waals surface area contributed by atoms with E-state index < -0.39 is 12.2 Å². The number of carbonyl (C=O) groups excluding carboxylic acids is 2. The highest BCUT2D eigenvalue weighted by Crippen LogP contribution is 2.40. The molecule has 2 aliphatic rings. The van der Waals surface area contributed by atoms with E-state index in [-0.39, 0.29) is 23.4 Å². The molecule has 2 N–H and O–H groups in total. The van der Waals surface area contributed by atoms with Gasteiger partial charge < -0.3 is 29.6 Å². The van der Waals surface area contributed by atoms with Gasteiger partial charge in [-0.1, -0.05) is 26.7 Å². The zero-order chi connectivity index (χ0) is 20.6. The molecule has 2 aliphatic heterocycles. The summed E-state index contributed by atoms with van der Waals surface area (Å²) in [5.41, 5.74) is -0.543. The van der Waals surface area contributed by atoms with E-state index in [1.54, 1.807) is 0 Å². The van der Waals surface area contributed by atoms with E-state index >= 15 is 0 Å². The lowest BCUT2D eigenvalue weighted by Crippen LogP contribution is -2.31. The van der Waals surface area contributed by atoms with Crippen molar-refractivity contribution in [2.45, 2.75) is 89.6 Å². The molecule has 28 heavy (non-hydrogen) atoms. The molecule has 0 spiro atoms. The summed E-state index contributed by atoms with van der Waals surface area (Å²) in [6.45, 7) is 9.82. The second-order valence-electron chi connectivity index (χ2n) is 7.78. The Kier molecular flexibility index (Phi) is 8.37. The summed E-state index contributed by atoms with van der Waals surface area (Å²) < 4.78 is 21.4. The molecule has 8 nitrogen and oxygen atoms in total.